The Hall–Kier alpha value is -3.04. The van der Waals surface area contributed by atoms with E-state index in [1.807, 2.05) is 24.3 Å². The Morgan fingerprint density at radius 2 is 2.07 bits per heavy atom. The van der Waals surface area contributed by atoms with Gasteiger partial charge in [0.15, 0.2) is 6.10 Å². The van der Waals surface area contributed by atoms with Gasteiger partial charge in [-0.1, -0.05) is 23.7 Å². The number of benzene rings is 2. The summed E-state index contributed by atoms with van der Waals surface area (Å²) in [6.45, 7) is 1.43. The molecule has 0 saturated heterocycles. The van der Waals surface area contributed by atoms with Crippen molar-refractivity contribution < 1.29 is 19.2 Å². The number of carbonyl (C=O) groups is 2. The number of fused-ring (bicyclic) bond motifs is 1. The fraction of sp³-hybridized carbons (Fsp3) is 0.211. The van der Waals surface area contributed by atoms with Gasteiger partial charge in [0.25, 0.3) is 11.6 Å². The molecule has 0 aliphatic rings. The van der Waals surface area contributed by atoms with Crippen LogP contribution < -0.4 is 5.32 Å². The summed E-state index contributed by atoms with van der Waals surface area (Å²) < 4.78 is 6.20. The van der Waals surface area contributed by atoms with Crippen molar-refractivity contribution in [3.05, 3.63) is 62.6 Å². The van der Waals surface area contributed by atoms with Crippen LogP contribution in [0.4, 0.5) is 11.4 Å². The monoisotopic (exact) mass is 433 g/mol. The van der Waals surface area contributed by atoms with Crippen molar-refractivity contribution in [2.24, 2.45) is 0 Å². The smallest absolute Gasteiger partial charge is 0.306 e. The Bertz CT molecular complexity index is 1050. The number of nitrogens with zero attached hydrogens (tertiary/aromatic N) is 2. The summed E-state index contributed by atoms with van der Waals surface area (Å²) in [5.41, 5.74) is 0.885. The minimum atomic E-state index is -1.05. The Labute approximate surface area is 174 Å². The second kappa shape index (κ2) is 8.97. The number of anilines is 1. The van der Waals surface area contributed by atoms with Gasteiger partial charge in [-0.15, -0.1) is 11.3 Å². The second-order valence-electron chi connectivity index (χ2n) is 6.12. The van der Waals surface area contributed by atoms with Crippen LogP contribution in [0.3, 0.4) is 0 Å². The molecule has 2 aromatic carbocycles. The highest BCUT2D eigenvalue weighted by Crippen LogP contribution is 2.27. The van der Waals surface area contributed by atoms with Crippen LogP contribution in [-0.2, 0) is 20.7 Å². The van der Waals surface area contributed by atoms with Crippen LogP contribution in [0.1, 0.15) is 18.4 Å². The van der Waals surface area contributed by atoms with Crippen LogP contribution in [0.15, 0.2) is 42.5 Å². The first-order chi connectivity index (χ1) is 13.8. The number of aryl methyl sites for hydroxylation is 1. The summed E-state index contributed by atoms with van der Waals surface area (Å²) in [5.74, 6) is -1.12. The zero-order valence-electron chi connectivity index (χ0n) is 15.3. The number of rotatable bonds is 7. The molecule has 0 radical (unpaired) electrons. The van der Waals surface area contributed by atoms with Crippen LogP contribution in [0.25, 0.3) is 10.2 Å². The van der Waals surface area contributed by atoms with Crippen LogP contribution in [0.2, 0.25) is 5.02 Å². The molecule has 0 unspecified atom stereocenters. The topological polar surface area (TPSA) is 111 Å². The van der Waals surface area contributed by atoms with E-state index in [0.29, 0.717) is 6.42 Å². The lowest BCUT2D eigenvalue weighted by atomic mass is 10.2. The molecule has 150 valence electrons. The number of thiazole rings is 1. The number of para-hydroxylation sites is 1. The van der Waals surface area contributed by atoms with Crippen molar-refractivity contribution in [3.63, 3.8) is 0 Å². The highest BCUT2D eigenvalue weighted by molar-refractivity contribution is 7.18. The molecule has 1 atom stereocenters. The van der Waals surface area contributed by atoms with Crippen LogP contribution in [0, 0.1) is 10.1 Å². The molecule has 1 aromatic heterocycles. The van der Waals surface area contributed by atoms with Gasteiger partial charge >= 0.3 is 5.97 Å². The molecule has 0 aliphatic carbocycles. The predicted molar refractivity (Wildman–Crippen MR) is 110 cm³/mol. The molecule has 1 N–H and O–H groups in total. The van der Waals surface area contributed by atoms with Crippen LogP contribution in [0.5, 0.6) is 0 Å². The lowest BCUT2D eigenvalue weighted by Crippen LogP contribution is -2.30. The Balaban J connectivity index is 1.52. The predicted octanol–water partition coefficient (Wildman–Crippen LogP) is 4.36. The van der Waals surface area contributed by atoms with E-state index in [-0.39, 0.29) is 22.8 Å². The third kappa shape index (κ3) is 5.27. The molecule has 8 nitrogen and oxygen atoms in total. The van der Waals surface area contributed by atoms with Gasteiger partial charge in [0.05, 0.1) is 37.3 Å². The fourth-order valence-electron chi connectivity index (χ4n) is 2.50. The highest BCUT2D eigenvalue weighted by atomic mass is 35.5. The average Bonchev–Trinajstić information content (AvgIpc) is 3.10. The molecule has 1 heterocycles. The molecule has 0 fully saturated rings. The minimum absolute atomic E-state index is 0.0157. The quantitative estimate of drug-likeness (QED) is 0.336. The van der Waals surface area contributed by atoms with E-state index in [9.17, 15) is 19.7 Å². The number of non-ortho nitro benzene ring substituents is 1. The summed E-state index contributed by atoms with van der Waals surface area (Å²) >= 11 is 7.46. The number of amides is 1. The molecular weight excluding hydrogens is 418 g/mol. The molecule has 0 spiro atoms. The lowest BCUT2D eigenvalue weighted by Gasteiger charge is -2.14. The number of esters is 1. The van der Waals surface area contributed by atoms with E-state index < -0.39 is 22.9 Å². The van der Waals surface area contributed by atoms with Crippen molar-refractivity contribution in [2.45, 2.75) is 25.9 Å². The normalized spacial score (nSPS) is 11.8. The third-order valence-electron chi connectivity index (χ3n) is 3.98. The zero-order valence-corrected chi connectivity index (χ0v) is 16.8. The number of hydrogen-bond donors (Lipinski definition) is 1. The molecule has 29 heavy (non-hydrogen) atoms. The van der Waals surface area contributed by atoms with Crippen molar-refractivity contribution in [1.82, 2.24) is 4.98 Å². The summed E-state index contributed by atoms with van der Waals surface area (Å²) in [6, 6.07) is 11.4. The minimum Gasteiger partial charge on any atom is -0.453 e. The SMILES string of the molecule is C[C@H](OC(=O)CCc1nc2ccccc2s1)C(=O)Nc1ccc([N+](=O)[O-])cc1Cl. The van der Waals surface area contributed by atoms with E-state index in [1.54, 1.807) is 0 Å². The number of halogens is 1. The Morgan fingerprint density at radius 1 is 1.31 bits per heavy atom. The summed E-state index contributed by atoms with van der Waals surface area (Å²) in [7, 11) is 0. The first-order valence-corrected chi connectivity index (χ1v) is 9.81. The number of nitrogens with one attached hydrogen (secondary N) is 1. The van der Waals surface area contributed by atoms with Crippen molar-refractivity contribution in [3.8, 4) is 0 Å². The molecule has 0 bridgehead atoms. The summed E-state index contributed by atoms with van der Waals surface area (Å²) in [5, 5.41) is 14.1. The Morgan fingerprint density at radius 3 is 2.76 bits per heavy atom. The summed E-state index contributed by atoms with van der Waals surface area (Å²) in [6.07, 6.45) is -0.541. The first-order valence-electron chi connectivity index (χ1n) is 8.62. The van der Waals surface area contributed by atoms with Crippen LogP contribution >= 0.6 is 22.9 Å². The first kappa shape index (κ1) is 20.7. The number of ether oxygens (including phenoxy) is 1. The molecule has 10 heteroatoms. The van der Waals surface area contributed by atoms with E-state index in [1.165, 1.54) is 30.4 Å². The van der Waals surface area contributed by atoms with Gasteiger partial charge in [0.1, 0.15) is 0 Å². The molecule has 3 rings (SSSR count). The largest absolute Gasteiger partial charge is 0.453 e. The van der Waals surface area contributed by atoms with E-state index in [2.05, 4.69) is 10.3 Å². The van der Waals surface area contributed by atoms with Crippen molar-refractivity contribution in [2.75, 3.05) is 5.32 Å². The maximum atomic E-state index is 12.2. The third-order valence-corrected chi connectivity index (χ3v) is 5.39. The maximum Gasteiger partial charge on any atom is 0.306 e. The maximum absolute atomic E-state index is 12.2. The average molecular weight is 434 g/mol. The Kier molecular flexibility index (Phi) is 6.40. The number of aromatic nitrogens is 1. The van der Waals surface area contributed by atoms with Gasteiger partial charge in [-0.2, -0.15) is 0 Å². The van der Waals surface area contributed by atoms with Crippen molar-refractivity contribution in [1.29, 1.82) is 0 Å². The number of nitro groups is 1. The zero-order chi connectivity index (χ0) is 21.0. The van der Waals surface area contributed by atoms with Gasteiger partial charge < -0.3 is 10.1 Å². The van der Waals surface area contributed by atoms with Gasteiger partial charge in [-0.25, -0.2) is 4.98 Å². The molecule has 3 aromatic rings. The van der Waals surface area contributed by atoms with Crippen LogP contribution in [-0.4, -0.2) is 27.9 Å². The summed E-state index contributed by atoms with van der Waals surface area (Å²) in [4.78, 5) is 38.9. The molecule has 1 amide bonds. The van der Waals surface area contributed by atoms with Gasteiger partial charge in [0.2, 0.25) is 0 Å². The van der Waals surface area contributed by atoms with Gasteiger partial charge in [-0.05, 0) is 25.1 Å². The van der Waals surface area contributed by atoms with E-state index in [0.717, 1.165) is 21.3 Å². The lowest BCUT2D eigenvalue weighted by molar-refractivity contribution is -0.384. The van der Waals surface area contributed by atoms with Gasteiger partial charge in [0, 0.05) is 18.6 Å². The van der Waals surface area contributed by atoms with E-state index >= 15 is 0 Å². The molecule has 0 aliphatic heterocycles. The standard InChI is InChI=1S/C19H16ClN3O5S/c1-11(19(25)22-14-7-6-12(23(26)27)10-13(14)20)28-18(24)9-8-17-21-15-4-2-3-5-16(15)29-17/h2-7,10-11H,8-9H2,1H3,(H,22,25)/t11-/m0/s1. The molecule has 0 saturated carbocycles. The number of hydrogen-bond acceptors (Lipinski definition) is 7. The number of carbonyl (C=O) groups excluding carboxylic acids is 2. The van der Waals surface area contributed by atoms with Gasteiger partial charge in [-0.3, -0.25) is 19.7 Å². The fourth-order valence-corrected chi connectivity index (χ4v) is 3.69. The highest BCUT2D eigenvalue weighted by Gasteiger charge is 2.20. The van der Waals surface area contributed by atoms with E-state index in [4.69, 9.17) is 16.3 Å². The second-order valence-corrected chi connectivity index (χ2v) is 7.64. The number of nitro benzene ring substituents is 1. The molecular formula is C19H16ClN3O5S. The van der Waals surface area contributed by atoms with Crippen molar-refractivity contribution >= 4 is 56.4 Å².